The Morgan fingerprint density at radius 1 is 1.33 bits per heavy atom. The average molecular weight is 448 g/mol. The number of alkyl carbamates (subject to hydrolysis) is 1. The number of amides is 1. The van der Waals surface area contributed by atoms with E-state index in [-0.39, 0.29) is 24.7 Å². The van der Waals surface area contributed by atoms with E-state index in [4.69, 9.17) is 9.47 Å². The number of carbonyl (C=O) groups excluding carboxylic acids is 2. The molecule has 130 valence electrons. The van der Waals surface area contributed by atoms with Crippen molar-refractivity contribution in [3.8, 4) is 0 Å². The lowest BCUT2D eigenvalue weighted by Gasteiger charge is -2.19. The molecule has 0 bridgehead atoms. The van der Waals surface area contributed by atoms with E-state index in [0.29, 0.717) is 14.5 Å². The highest BCUT2D eigenvalue weighted by Crippen LogP contribution is 2.25. The topological polar surface area (TPSA) is 80.4 Å². The van der Waals surface area contributed by atoms with E-state index in [2.05, 4.69) is 10.3 Å². The summed E-state index contributed by atoms with van der Waals surface area (Å²) >= 11 is 1.96. The van der Waals surface area contributed by atoms with Crippen molar-refractivity contribution >= 4 is 45.6 Å². The van der Waals surface area contributed by atoms with Crippen LogP contribution in [0, 0.1) is 9.39 Å². The summed E-state index contributed by atoms with van der Waals surface area (Å²) in [4.78, 5) is 26.5. The molecule has 8 heteroatoms. The highest BCUT2D eigenvalue weighted by molar-refractivity contribution is 14.1. The quantitative estimate of drug-likeness (QED) is 0.426. The minimum Gasteiger partial charge on any atom is -0.459 e. The minimum atomic E-state index is -0.587. The second kappa shape index (κ2) is 7.37. The molecule has 0 aliphatic heterocycles. The normalized spacial score (nSPS) is 11.4. The summed E-state index contributed by atoms with van der Waals surface area (Å²) in [5.41, 5.74) is 0.323. The van der Waals surface area contributed by atoms with Crippen LogP contribution in [0.4, 0.5) is 9.18 Å². The average Bonchev–Trinajstić information content (AvgIpc) is 2.79. The number of hydrogen-bond donors (Lipinski definition) is 2. The van der Waals surface area contributed by atoms with Crippen LogP contribution in [0.1, 0.15) is 31.3 Å². The molecular weight excluding hydrogens is 430 g/mol. The van der Waals surface area contributed by atoms with Crippen LogP contribution in [0.25, 0.3) is 10.9 Å². The second-order valence-electron chi connectivity index (χ2n) is 6.07. The second-order valence-corrected chi connectivity index (χ2v) is 7.15. The van der Waals surface area contributed by atoms with Crippen molar-refractivity contribution in [2.75, 3.05) is 13.2 Å². The summed E-state index contributed by atoms with van der Waals surface area (Å²) in [6.07, 6.45) is -0.575. The molecule has 0 saturated heterocycles. The van der Waals surface area contributed by atoms with E-state index in [1.165, 1.54) is 12.1 Å². The van der Waals surface area contributed by atoms with Gasteiger partial charge < -0.3 is 19.8 Å². The molecule has 0 aliphatic carbocycles. The minimum absolute atomic E-state index is 0.00210. The van der Waals surface area contributed by atoms with Crippen LogP contribution in [0.2, 0.25) is 0 Å². The number of H-pyrrole nitrogens is 1. The Hall–Kier alpha value is -1.84. The van der Waals surface area contributed by atoms with Crippen molar-refractivity contribution in [3.63, 3.8) is 0 Å². The van der Waals surface area contributed by atoms with Gasteiger partial charge in [0.1, 0.15) is 23.7 Å². The predicted molar refractivity (Wildman–Crippen MR) is 95.5 cm³/mol. The largest absolute Gasteiger partial charge is 0.459 e. The van der Waals surface area contributed by atoms with Gasteiger partial charge in [0.2, 0.25) is 0 Å². The van der Waals surface area contributed by atoms with Gasteiger partial charge in [-0.2, -0.15) is 0 Å². The van der Waals surface area contributed by atoms with Gasteiger partial charge in [-0.1, -0.05) is 0 Å². The first-order valence-corrected chi connectivity index (χ1v) is 8.36. The van der Waals surface area contributed by atoms with Crippen molar-refractivity contribution in [1.82, 2.24) is 10.3 Å². The Morgan fingerprint density at radius 2 is 2.04 bits per heavy atom. The Balaban J connectivity index is 1.89. The van der Waals surface area contributed by atoms with E-state index >= 15 is 0 Å². The smallest absolute Gasteiger partial charge is 0.407 e. The van der Waals surface area contributed by atoms with Crippen LogP contribution < -0.4 is 5.32 Å². The first-order valence-electron chi connectivity index (χ1n) is 7.28. The Morgan fingerprint density at radius 3 is 2.71 bits per heavy atom. The van der Waals surface area contributed by atoms with Crippen LogP contribution in [-0.2, 0) is 9.47 Å². The van der Waals surface area contributed by atoms with Crippen LogP contribution in [0.3, 0.4) is 0 Å². The molecular formula is C16H18FIN2O4. The molecule has 24 heavy (non-hydrogen) atoms. The number of benzene rings is 1. The molecule has 1 aromatic heterocycles. The molecule has 0 radical (unpaired) electrons. The van der Waals surface area contributed by atoms with Gasteiger partial charge in [-0.3, -0.25) is 0 Å². The third-order valence-corrected chi connectivity index (χ3v) is 4.03. The van der Waals surface area contributed by atoms with E-state index in [9.17, 15) is 14.0 Å². The zero-order chi connectivity index (χ0) is 17.9. The van der Waals surface area contributed by atoms with E-state index in [1.807, 2.05) is 22.6 Å². The van der Waals surface area contributed by atoms with Gasteiger partial charge in [0, 0.05) is 10.9 Å². The standard InChI is InChI=1S/C16H18FIN2O4/c1-16(2,3)24-15(22)19-6-7-23-14(21)13-12(18)10-8-9(17)4-5-11(10)20-13/h4-5,8,20H,6-7H2,1-3H3,(H,19,22). The van der Waals surface area contributed by atoms with E-state index < -0.39 is 17.7 Å². The number of aromatic nitrogens is 1. The molecule has 2 aromatic rings. The Labute approximate surface area is 152 Å². The highest BCUT2D eigenvalue weighted by atomic mass is 127. The maximum atomic E-state index is 13.3. The fraction of sp³-hybridized carbons (Fsp3) is 0.375. The predicted octanol–water partition coefficient (Wildman–Crippen LogP) is 3.59. The van der Waals surface area contributed by atoms with Crippen LogP contribution >= 0.6 is 22.6 Å². The van der Waals surface area contributed by atoms with Crippen molar-refractivity contribution in [2.24, 2.45) is 0 Å². The van der Waals surface area contributed by atoms with Crippen LogP contribution in [-0.4, -0.2) is 35.8 Å². The maximum Gasteiger partial charge on any atom is 0.407 e. The molecule has 1 aromatic carbocycles. The number of aromatic amines is 1. The zero-order valence-corrected chi connectivity index (χ0v) is 15.7. The monoisotopic (exact) mass is 448 g/mol. The zero-order valence-electron chi connectivity index (χ0n) is 13.5. The van der Waals surface area contributed by atoms with Gasteiger partial charge in [-0.15, -0.1) is 0 Å². The summed E-state index contributed by atoms with van der Waals surface area (Å²) in [6.45, 7) is 5.40. The third-order valence-electron chi connectivity index (χ3n) is 2.90. The lowest BCUT2D eigenvalue weighted by molar-refractivity contribution is 0.0430. The molecule has 0 unspecified atom stereocenters. The van der Waals surface area contributed by atoms with Crippen molar-refractivity contribution in [3.05, 3.63) is 33.3 Å². The van der Waals surface area contributed by atoms with Gasteiger partial charge >= 0.3 is 12.1 Å². The Kier molecular flexibility index (Phi) is 5.68. The van der Waals surface area contributed by atoms with Crippen LogP contribution in [0.5, 0.6) is 0 Å². The number of rotatable bonds is 4. The molecule has 0 fully saturated rings. The third kappa shape index (κ3) is 4.83. The Bertz CT molecular complexity index is 767. The summed E-state index contributed by atoms with van der Waals surface area (Å²) < 4.78 is 24.0. The first-order chi connectivity index (χ1) is 11.2. The van der Waals surface area contributed by atoms with Crippen LogP contribution in [0.15, 0.2) is 18.2 Å². The van der Waals surface area contributed by atoms with Crippen molar-refractivity contribution in [2.45, 2.75) is 26.4 Å². The lowest BCUT2D eigenvalue weighted by atomic mass is 10.2. The molecule has 1 heterocycles. The van der Waals surface area contributed by atoms with Gasteiger partial charge in [-0.25, -0.2) is 14.0 Å². The summed E-state index contributed by atoms with van der Waals surface area (Å²) in [7, 11) is 0. The van der Waals surface area contributed by atoms with Crippen molar-refractivity contribution in [1.29, 1.82) is 0 Å². The number of ether oxygens (including phenoxy) is 2. The number of carbonyl (C=O) groups is 2. The van der Waals surface area contributed by atoms with E-state index in [1.54, 1.807) is 26.8 Å². The number of fused-ring (bicyclic) bond motifs is 1. The molecule has 0 spiro atoms. The van der Waals surface area contributed by atoms with Gasteiger partial charge in [0.25, 0.3) is 0 Å². The fourth-order valence-electron chi connectivity index (χ4n) is 1.96. The molecule has 2 rings (SSSR count). The highest BCUT2D eigenvalue weighted by Gasteiger charge is 2.18. The molecule has 0 atom stereocenters. The van der Waals surface area contributed by atoms with Gasteiger partial charge in [0.05, 0.1) is 10.1 Å². The van der Waals surface area contributed by atoms with E-state index in [0.717, 1.165) is 0 Å². The SMILES string of the molecule is CC(C)(C)OC(=O)NCCOC(=O)c1[nH]c2ccc(F)cc2c1I. The molecule has 0 aliphatic rings. The lowest BCUT2D eigenvalue weighted by Crippen LogP contribution is -2.34. The molecule has 1 amide bonds. The summed E-state index contributed by atoms with van der Waals surface area (Å²) in [5, 5.41) is 3.11. The molecule has 6 nitrogen and oxygen atoms in total. The maximum absolute atomic E-state index is 13.3. The number of halogens is 2. The first kappa shape index (κ1) is 18.5. The molecule has 2 N–H and O–H groups in total. The fourth-order valence-corrected chi connectivity index (χ4v) is 2.76. The number of nitrogens with one attached hydrogen (secondary N) is 2. The number of esters is 1. The number of hydrogen-bond acceptors (Lipinski definition) is 4. The summed E-state index contributed by atoms with van der Waals surface area (Å²) in [6, 6.07) is 4.23. The van der Waals surface area contributed by atoms with Gasteiger partial charge in [-0.05, 0) is 61.6 Å². The van der Waals surface area contributed by atoms with Crippen molar-refractivity contribution < 1.29 is 23.5 Å². The summed E-state index contributed by atoms with van der Waals surface area (Å²) in [5.74, 6) is -0.942. The van der Waals surface area contributed by atoms with Gasteiger partial charge in [0.15, 0.2) is 0 Å². The molecule has 0 saturated carbocycles.